The van der Waals surface area contributed by atoms with Gasteiger partial charge in [0.25, 0.3) is 0 Å². The molecule has 1 amide bonds. The number of hydrogen-bond donors (Lipinski definition) is 2. The molecule has 8 nitrogen and oxygen atoms in total. The fourth-order valence-corrected chi connectivity index (χ4v) is 1.29. The summed E-state index contributed by atoms with van der Waals surface area (Å²) in [6.45, 7) is 1.87. The SMILES string of the molecule is CCCc1[nH]nc(C(=O)NOC)c1[N+](=O)[O-]. The molecule has 0 spiro atoms. The number of rotatable bonds is 5. The summed E-state index contributed by atoms with van der Waals surface area (Å²) in [5.74, 6) is -0.743. The first kappa shape index (κ1) is 12.1. The molecule has 88 valence electrons. The topological polar surface area (TPSA) is 110 Å². The Balaban J connectivity index is 3.09. The molecule has 0 atom stereocenters. The molecule has 1 rings (SSSR count). The molecule has 0 saturated heterocycles. The fraction of sp³-hybridized carbons (Fsp3) is 0.500. The van der Waals surface area contributed by atoms with Gasteiger partial charge in [-0.25, -0.2) is 5.48 Å². The summed E-state index contributed by atoms with van der Waals surface area (Å²) in [5, 5.41) is 16.9. The summed E-state index contributed by atoms with van der Waals surface area (Å²) in [6.07, 6.45) is 1.18. The molecule has 8 heteroatoms. The van der Waals surface area contributed by atoms with Crippen LogP contribution in [0.1, 0.15) is 29.5 Å². The van der Waals surface area contributed by atoms with Crippen molar-refractivity contribution in [3.8, 4) is 0 Å². The molecule has 1 aromatic rings. The summed E-state index contributed by atoms with van der Waals surface area (Å²) in [7, 11) is 1.24. The Kier molecular flexibility index (Phi) is 3.95. The van der Waals surface area contributed by atoms with Crippen molar-refractivity contribution in [2.75, 3.05) is 7.11 Å². The van der Waals surface area contributed by atoms with Crippen LogP contribution in [0.3, 0.4) is 0 Å². The minimum absolute atomic E-state index is 0.268. The third-order valence-corrected chi connectivity index (χ3v) is 1.91. The fourth-order valence-electron chi connectivity index (χ4n) is 1.29. The number of H-pyrrole nitrogens is 1. The van der Waals surface area contributed by atoms with Gasteiger partial charge < -0.3 is 0 Å². The highest BCUT2D eigenvalue weighted by Gasteiger charge is 2.28. The van der Waals surface area contributed by atoms with Crippen LogP contribution in [0.15, 0.2) is 0 Å². The average molecular weight is 228 g/mol. The number of hydroxylamine groups is 1. The summed E-state index contributed by atoms with van der Waals surface area (Å²) in [5.41, 5.74) is 1.76. The van der Waals surface area contributed by atoms with E-state index in [1.807, 2.05) is 12.4 Å². The van der Waals surface area contributed by atoms with Gasteiger partial charge in [0, 0.05) is 0 Å². The van der Waals surface area contributed by atoms with Crippen LogP contribution in [-0.4, -0.2) is 28.1 Å². The van der Waals surface area contributed by atoms with Gasteiger partial charge in [0.1, 0.15) is 5.69 Å². The van der Waals surface area contributed by atoms with Crippen molar-refractivity contribution in [2.24, 2.45) is 0 Å². The van der Waals surface area contributed by atoms with Crippen molar-refractivity contribution in [1.29, 1.82) is 0 Å². The van der Waals surface area contributed by atoms with Gasteiger partial charge in [0.2, 0.25) is 5.69 Å². The Labute approximate surface area is 91.1 Å². The van der Waals surface area contributed by atoms with E-state index in [-0.39, 0.29) is 11.4 Å². The Morgan fingerprint density at radius 2 is 2.38 bits per heavy atom. The number of carbonyl (C=O) groups is 1. The lowest BCUT2D eigenvalue weighted by molar-refractivity contribution is -0.385. The van der Waals surface area contributed by atoms with Crippen LogP contribution >= 0.6 is 0 Å². The third-order valence-electron chi connectivity index (χ3n) is 1.91. The molecule has 0 aliphatic rings. The van der Waals surface area contributed by atoms with Gasteiger partial charge in [-0.05, 0) is 6.42 Å². The van der Waals surface area contributed by atoms with Gasteiger partial charge in [-0.2, -0.15) is 5.10 Å². The third kappa shape index (κ3) is 2.34. The first-order chi connectivity index (χ1) is 7.61. The second-order valence-electron chi connectivity index (χ2n) is 3.04. The number of nitrogens with one attached hydrogen (secondary N) is 2. The number of aromatic nitrogens is 2. The number of carbonyl (C=O) groups excluding carboxylic acids is 1. The van der Waals surface area contributed by atoms with Crippen molar-refractivity contribution in [1.82, 2.24) is 15.7 Å². The molecule has 0 unspecified atom stereocenters. The summed E-state index contributed by atoms with van der Waals surface area (Å²) in [4.78, 5) is 25.9. The normalized spacial score (nSPS) is 10.1. The van der Waals surface area contributed by atoms with Crippen LogP contribution in [0.2, 0.25) is 0 Å². The molecule has 0 saturated carbocycles. The van der Waals surface area contributed by atoms with E-state index in [1.165, 1.54) is 7.11 Å². The lowest BCUT2D eigenvalue weighted by atomic mass is 10.2. The number of hydrogen-bond acceptors (Lipinski definition) is 5. The molecule has 0 aliphatic carbocycles. The molecule has 0 aromatic carbocycles. The zero-order valence-electron chi connectivity index (χ0n) is 8.94. The Morgan fingerprint density at radius 3 is 2.88 bits per heavy atom. The number of nitro groups is 1. The molecule has 1 aromatic heterocycles. The van der Waals surface area contributed by atoms with Crippen LogP contribution < -0.4 is 5.48 Å². The molecule has 0 aliphatic heterocycles. The van der Waals surface area contributed by atoms with E-state index in [4.69, 9.17) is 0 Å². The predicted octanol–water partition coefficient (Wildman–Crippen LogP) is 0.562. The molecule has 1 heterocycles. The first-order valence-corrected chi connectivity index (χ1v) is 4.66. The van der Waals surface area contributed by atoms with Gasteiger partial charge in [0.15, 0.2) is 0 Å². The van der Waals surface area contributed by atoms with Crippen molar-refractivity contribution >= 4 is 11.6 Å². The highest BCUT2D eigenvalue weighted by atomic mass is 16.6. The van der Waals surface area contributed by atoms with Crippen LogP contribution in [0.5, 0.6) is 0 Å². The Morgan fingerprint density at radius 1 is 1.69 bits per heavy atom. The zero-order valence-corrected chi connectivity index (χ0v) is 8.94. The lowest BCUT2D eigenvalue weighted by Gasteiger charge is -1.98. The largest absolute Gasteiger partial charge is 0.323 e. The minimum atomic E-state index is -0.743. The quantitative estimate of drug-likeness (QED) is 0.565. The maximum absolute atomic E-state index is 11.4. The van der Waals surface area contributed by atoms with Crippen LogP contribution in [-0.2, 0) is 11.3 Å². The van der Waals surface area contributed by atoms with Crippen LogP contribution in [0.4, 0.5) is 5.69 Å². The smallest absolute Gasteiger partial charge is 0.277 e. The number of nitrogens with zero attached hydrogens (tertiary/aromatic N) is 2. The van der Waals surface area contributed by atoms with Gasteiger partial charge in [-0.3, -0.25) is 24.8 Å². The second-order valence-corrected chi connectivity index (χ2v) is 3.04. The molecular weight excluding hydrogens is 216 g/mol. The second kappa shape index (κ2) is 5.21. The van der Waals surface area contributed by atoms with Gasteiger partial charge in [0.05, 0.1) is 12.0 Å². The maximum atomic E-state index is 11.4. The molecular formula is C8H12N4O4. The molecule has 16 heavy (non-hydrogen) atoms. The van der Waals surface area contributed by atoms with E-state index < -0.39 is 10.8 Å². The molecule has 0 radical (unpaired) electrons. The lowest BCUT2D eigenvalue weighted by Crippen LogP contribution is -2.23. The van der Waals surface area contributed by atoms with E-state index in [2.05, 4.69) is 15.0 Å². The molecule has 0 fully saturated rings. The van der Waals surface area contributed by atoms with Crippen molar-refractivity contribution in [2.45, 2.75) is 19.8 Å². The summed E-state index contributed by atoms with van der Waals surface area (Å²) in [6, 6.07) is 0. The van der Waals surface area contributed by atoms with E-state index in [0.717, 1.165) is 0 Å². The highest BCUT2D eigenvalue weighted by molar-refractivity contribution is 5.95. The van der Waals surface area contributed by atoms with Gasteiger partial charge in [-0.15, -0.1) is 0 Å². The standard InChI is InChI=1S/C8H12N4O4/c1-3-4-5-7(12(14)15)6(10-9-5)8(13)11-16-2/h3-4H2,1-2H3,(H,9,10)(H,11,13). The summed E-state index contributed by atoms with van der Waals surface area (Å²) < 4.78 is 0. The van der Waals surface area contributed by atoms with Crippen molar-refractivity contribution in [3.05, 3.63) is 21.5 Å². The minimum Gasteiger partial charge on any atom is -0.277 e. The highest BCUT2D eigenvalue weighted by Crippen LogP contribution is 2.22. The molecule has 2 N–H and O–H groups in total. The van der Waals surface area contributed by atoms with Gasteiger partial charge >= 0.3 is 11.6 Å². The van der Waals surface area contributed by atoms with Crippen LogP contribution in [0.25, 0.3) is 0 Å². The van der Waals surface area contributed by atoms with E-state index in [0.29, 0.717) is 18.5 Å². The number of aromatic amines is 1. The average Bonchev–Trinajstić information content (AvgIpc) is 2.62. The Hall–Kier alpha value is -1.96. The van der Waals surface area contributed by atoms with E-state index in [1.54, 1.807) is 0 Å². The maximum Gasteiger partial charge on any atom is 0.323 e. The number of aryl methyl sites for hydroxylation is 1. The summed E-state index contributed by atoms with van der Waals surface area (Å²) >= 11 is 0. The predicted molar refractivity (Wildman–Crippen MR) is 53.7 cm³/mol. The number of amides is 1. The van der Waals surface area contributed by atoms with E-state index >= 15 is 0 Å². The van der Waals surface area contributed by atoms with Crippen molar-refractivity contribution < 1.29 is 14.6 Å². The van der Waals surface area contributed by atoms with Gasteiger partial charge in [-0.1, -0.05) is 13.3 Å². The zero-order chi connectivity index (χ0) is 12.1. The molecule has 0 bridgehead atoms. The monoisotopic (exact) mass is 228 g/mol. The Bertz CT molecular complexity index is 401. The van der Waals surface area contributed by atoms with E-state index in [9.17, 15) is 14.9 Å². The van der Waals surface area contributed by atoms with Crippen LogP contribution in [0, 0.1) is 10.1 Å². The van der Waals surface area contributed by atoms with Crippen molar-refractivity contribution in [3.63, 3.8) is 0 Å². The first-order valence-electron chi connectivity index (χ1n) is 4.66.